The highest BCUT2D eigenvalue weighted by atomic mass is 32.2. The minimum absolute atomic E-state index is 0.732. The number of hydrogen-bond acceptors (Lipinski definition) is 7. The fourth-order valence-electron chi connectivity index (χ4n) is 3.05. The second-order valence-electron chi connectivity index (χ2n) is 7.16. The van der Waals surface area contributed by atoms with E-state index in [0.29, 0.717) is 0 Å². The molecule has 0 bridgehead atoms. The van der Waals surface area contributed by atoms with Gasteiger partial charge in [-0.05, 0) is 44.8 Å². The van der Waals surface area contributed by atoms with Crippen LogP contribution < -0.4 is 10.2 Å². The molecule has 4 rings (SSSR count). The predicted molar refractivity (Wildman–Crippen MR) is 114 cm³/mol. The Bertz CT molecular complexity index is 930. The third-order valence-electron chi connectivity index (χ3n) is 4.71. The molecule has 0 spiro atoms. The van der Waals surface area contributed by atoms with E-state index in [9.17, 15) is 0 Å². The summed E-state index contributed by atoms with van der Waals surface area (Å²) in [7, 11) is 2.16. The lowest BCUT2D eigenvalue weighted by Gasteiger charge is -2.33. The molecule has 1 aromatic carbocycles. The van der Waals surface area contributed by atoms with Crippen molar-refractivity contribution in [1.29, 1.82) is 0 Å². The minimum Gasteiger partial charge on any atom is -0.354 e. The average Bonchev–Trinajstić information content (AvgIpc) is 3.09. The summed E-state index contributed by atoms with van der Waals surface area (Å²) in [6.45, 7) is 8.06. The third-order valence-corrected chi connectivity index (χ3v) is 5.58. The highest BCUT2D eigenvalue weighted by Gasteiger charge is 2.18. The van der Waals surface area contributed by atoms with Gasteiger partial charge in [0.15, 0.2) is 11.0 Å². The van der Waals surface area contributed by atoms with Gasteiger partial charge < -0.3 is 15.1 Å². The minimum atomic E-state index is 0.732. The van der Waals surface area contributed by atoms with Crippen molar-refractivity contribution in [2.24, 2.45) is 0 Å². The van der Waals surface area contributed by atoms with Gasteiger partial charge >= 0.3 is 0 Å². The molecular weight excluding hydrogens is 370 g/mol. The van der Waals surface area contributed by atoms with Crippen LogP contribution in [0.2, 0.25) is 0 Å². The second-order valence-corrected chi connectivity index (χ2v) is 8.20. The van der Waals surface area contributed by atoms with Crippen LogP contribution >= 0.6 is 11.8 Å². The molecule has 146 valence electrons. The topological polar surface area (TPSA) is 73.0 Å². The Morgan fingerprint density at radius 3 is 2.39 bits per heavy atom. The summed E-state index contributed by atoms with van der Waals surface area (Å²) in [6.07, 6.45) is 0. The molecule has 2 N–H and O–H groups in total. The monoisotopic (exact) mass is 395 g/mol. The first-order chi connectivity index (χ1) is 13.5. The summed E-state index contributed by atoms with van der Waals surface area (Å²) in [5, 5.41) is 11.3. The van der Waals surface area contributed by atoms with E-state index in [-0.39, 0.29) is 0 Å². The zero-order chi connectivity index (χ0) is 19.5. The normalized spacial score (nSPS) is 15.0. The molecule has 1 aliphatic heterocycles. The highest BCUT2D eigenvalue weighted by molar-refractivity contribution is 7.99. The number of nitrogens with zero attached hydrogens (tertiary/aromatic N) is 5. The number of benzene rings is 1. The molecule has 1 saturated heterocycles. The molecule has 3 aromatic rings. The number of rotatable bonds is 5. The molecule has 1 fully saturated rings. The van der Waals surface area contributed by atoms with Crippen molar-refractivity contribution in [1.82, 2.24) is 25.1 Å². The zero-order valence-corrected chi connectivity index (χ0v) is 17.3. The van der Waals surface area contributed by atoms with Crippen LogP contribution in [-0.4, -0.2) is 58.3 Å². The lowest BCUT2D eigenvalue weighted by atomic mass is 10.2. The van der Waals surface area contributed by atoms with Crippen LogP contribution in [0.1, 0.15) is 11.3 Å². The maximum atomic E-state index is 4.84. The maximum absolute atomic E-state index is 4.84. The smallest absolute Gasteiger partial charge is 0.196 e. The molecule has 0 saturated carbocycles. The summed E-state index contributed by atoms with van der Waals surface area (Å²) in [6, 6.07) is 12.4. The van der Waals surface area contributed by atoms with Crippen LogP contribution in [0.5, 0.6) is 0 Å². The fourth-order valence-corrected chi connectivity index (χ4v) is 3.81. The SMILES string of the molecule is Cc1ccc(Sc2nc(Nc3cc(C)[nH]n3)cc(N3CCN(C)CC3)n2)cc1. The Morgan fingerprint density at radius 1 is 0.964 bits per heavy atom. The number of aryl methyl sites for hydroxylation is 2. The Hall–Kier alpha value is -2.58. The molecule has 0 aliphatic carbocycles. The van der Waals surface area contributed by atoms with Gasteiger partial charge in [-0.1, -0.05) is 17.7 Å². The van der Waals surface area contributed by atoms with E-state index in [2.05, 4.69) is 63.6 Å². The first-order valence-corrected chi connectivity index (χ1v) is 10.2. The van der Waals surface area contributed by atoms with Crippen molar-refractivity contribution < 1.29 is 0 Å². The van der Waals surface area contributed by atoms with Crippen LogP contribution in [0, 0.1) is 13.8 Å². The molecule has 3 heterocycles. The quantitative estimate of drug-likeness (QED) is 0.641. The van der Waals surface area contributed by atoms with E-state index in [0.717, 1.165) is 59.4 Å². The van der Waals surface area contributed by atoms with Gasteiger partial charge in [0.1, 0.15) is 11.6 Å². The highest BCUT2D eigenvalue weighted by Crippen LogP contribution is 2.29. The lowest BCUT2D eigenvalue weighted by Crippen LogP contribution is -2.44. The molecule has 0 atom stereocenters. The van der Waals surface area contributed by atoms with E-state index in [1.165, 1.54) is 5.56 Å². The van der Waals surface area contributed by atoms with Crippen molar-refractivity contribution >= 4 is 29.2 Å². The molecule has 1 aliphatic rings. The summed E-state index contributed by atoms with van der Waals surface area (Å²) in [5.41, 5.74) is 2.25. The predicted octanol–water partition coefficient (Wildman–Crippen LogP) is 3.46. The van der Waals surface area contributed by atoms with Crippen LogP contribution in [0.4, 0.5) is 17.5 Å². The summed E-state index contributed by atoms with van der Waals surface area (Å²) in [5.74, 6) is 2.46. The van der Waals surface area contributed by atoms with Crippen molar-refractivity contribution in [2.75, 3.05) is 43.4 Å². The number of H-pyrrole nitrogens is 1. The number of aromatic amines is 1. The number of likely N-dealkylation sites (N-methyl/N-ethyl adjacent to an activating group) is 1. The zero-order valence-electron chi connectivity index (χ0n) is 16.4. The largest absolute Gasteiger partial charge is 0.354 e. The Morgan fingerprint density at radius 2 is 1.71 bits per heavy atom. The number of anilines is 3. The van der Waals surface area contributed by atoms with Gasteiger partial charge in [0.05, 0.1) is 0 Å². The number of nitrogens with one attached hydrogen (secondary N) is 2. The second kappa shape index (κ2) is 8.20. The molecule has 7 nitrogen and oxygen atoms in total. The van der Waals surface area contributed by atoms with E-state index < -0.39 is 0 Å². The van der Waals surface area contributed by atoms with E-state index >= 15 is 0 Å². The lowest BCUT2D eigenvalue weighted by molar-refractivity contribution is 0.312. The fraction of sp³-hybridized carbons (Fsp3) is 0.350. The number of hydrogen-bond donors (Lipinski definition) is 2. The number of aromatic nitrogens is 4. The van der Waals surface area contributed by atoms with Crippen molar-refractivity contribution in [3.8, 4) is 0 Å². The summed E-state index contributed by atoms with van der Waals surface area (Å²) in [4.78, 5) is 15.3. The van der Waals surface area contributed by atoms with Gasteiger partial charge in [-0.3, -0.25) is 5.10 Å². The summed E-state index contributed by atoms with van der Waals surface area (Å²) < 4.78 is 0. The van der Waals surface area contributed by atoms with Crippen LogP contribution in [0.3, 0.4) is 0 Å². The van der Waals surface area contributed by atoms with Crippen molar-refractivity contribution in [2.45, 2.75) is 23.9 Å². The van der Waals surface area contributed by atoms with Gasteiger partial charge in [0.25, 0.3) is 0 Å². The van der Waals surface area contributed by atoms with E-state index in [4.69, 9.17) is 9.97 Å². The Labute approximate surface area is 169 Å². The average molecular weight is 396 g/mol. The molecule has 0 radical (unpaired) electrons. The molecule has 8 heteroatoms. The first-order valence-electron chi connectivity index (χ1n) is 9.41. The molecule has 2 aromatic heterocycles. The standard InChI is InChI=1S/C20H25N7S/c1-14-4-6-16(7-5-14)28-20-22-17(21-18-12-15(2)24-25-18)13-19(23-20)27-10-8-26(3)9-11-27/h4-7,12-13H,8-11H2,1-3H3,(H2,21,22,23,24,25). The van der Waals surface area contributed by atoms with Crippen LogP contribution in [-0.2, 0) is 0 Å². The summed E-state index contributed by atoms with van der Waals surface area (Å²) >= 11 is 1.58. The van der Waals surface area contributed by atoms with Gasteiger partial charge in [0, 0.05) is 48.9 Å². The van der Waals surface area contributed by atoms with Crippen LogP contribution in [0.15, 0.2) is 46.5 Å². The Kier molecular flexibility index (Phi) is 5.50. The Balaban J connectivity index is 1.62. The molecule has 0 amide bonds. The van der Waals surface area contributed by atoms with Crippen LogP contribution in [0.25, 0.3) is 0 Å². The first kappa shape index (κ1) is 18.8. The van der Waals surface area contributed by atoms with Gasteiger partial charge in [-0.25, -0.2) is 9.97 Å². The van der Waals surface area contributed by atoms with Crippen molar-refractivity contribution in [3.63, 3.8) is 0 Å². The van der Waals surface area contributed by atoms with E-state index in [1.54, 1.807) is 11.8 Å². The van der Waals surface area contributed by atoms with Gasteiger partial charge in [0.2, 0.25) is 0 Å². The molecule has 0 unspecified atom stereocenters. The maximum Gasteiger partial charge on any atom is 0.196 e. The van der Waals surface area contributed by atoms with E-state index in [1.807, 2.05) is 19.1 Å². The molecule has 28 heavy (non-hydrogen) atoms. The van der Waals surface area contributed by atoms with Gasteiger partial charge in [-0.2, -0.15) is 5.10 Å². The van der Waals surface area contributed by atoms with Gasteiger partial charge in [-0.15, -0.1) is 0 Å². The third kappa shape index (κ3) is 4.63. The number of piperazine rings is 1. The van der Waals surface area contributed by atoms with Crippen molar-refractivity contribution in [3.05, 3.63) is 47.7 Å². The molecular formula is C20H25N7S.